The van der Waals surface area contributed by atoms with Crippen LogP contribution in [0.3, 0.4) is 0 Å². The van der Waals surface area contributed by atoms with Crippen LogP contribution >= 0.6 is 11.8 Å². The van der Waals surface area contributed by atoms with Crippen molar-refractivity contribution >= 4 is 23.3 Å². The quantitative estimate of drug-likeness (QED) is 0.691. The highest BCUT2D eigenvalue weighted by Gasteiger charge is 2.20. The van der Waals surface area contributed by atoms with E-state index in [0.29, 0.717) is 0 Å². The van der Waals surface area contributed by atoms with Gasteiger partial charge in [-0.15, -0.1) is 0 Å². The van der Waals surface area contributed by atoms with Gasteiger partial charge < -0.3 is 5.32 Å². The average Bonchev–Trinajstić information content (AvgIpc) is 2.71. The van der Waals surface area contributed by atoms with E-state index in [1.165, 1.54) is 17.7 Å². The fraction of sp³-hybridized carbons (Fsp3) is 0.400. The third-order valence-corrected chi connectivity index (χ3v) is 4.36. The Labute approximate surface area is 133 Å². The van der Waals surface area contributed by atoms with E-state index >= 15 is 0 Å². The van der Waals surface area contributed by atoms with Gasteiger partial charge in [0.2, 0.25) is 0 Å². The Morgan fingerprint density at radius 1 is 1.36 bits per heavy atom. The first-order valence-corrected chi connectivity index (χ1v) is 8.68. The maximum atomic E-state index is 10.8. The van der Waals surface area contributed by atoms with Gasteiger partial charge in [0.15, 0.2) is 0 Å². The van der Waals surface area contributed by atoms with Crippen molar-refractivity contribution in [1.82, 2.24) is 9.78 Å². The molecule has 3 rings (SSSR count). The molecule has 22 heavy (non-hydrogen) atoms. The summed E-state index contributed by atoms with van der Waals surface area (Å²) in [6.45, 7) is 0.935. The van der Waals surface area contributed by atoms with Crippen LogP contribution in [0.25, 0.3) is 5.69 Å². The molecule has 7 heteroatoms. The third kappa shape index (κ3) is 2.81. The zero-order chi connectivity index (χ0) is 15.5. The fourth-order valence-electron chi connectivity index (χ4n) is 2.73. The second kappa shape index (κ2) is 6.39. The number of non-ortho nitro benzene ring substituents is 1. The van der Waals surface area contributed by atoms with Gasteiger partial charge in [-0.25, -0.2) is 4.68 Å². The normalized spacial score (nSPS) is 14.0. The van der Waals surface area contributed by atoms with Gasteiger partial charge in [-0.3, -0.25) is 10.1 Å². The van der Waals surface area contributed by atoms with Gasteiger partial charge >= 0.3 is 0 Å². The van der Waals surface area contributed by atoms with Crippen molar-refractivity contribution < 1.29 is 4.92 Å². The van der Waals surface area contributed by atoms with Crippen molar-refractivity contribution in [2.24, 2.45) is 0 Å². The highest BCUT2D eigenvalue weighted by atomic mass is 32.2. The Hall–Kier alpha value is -2.02. The molecule has 0 aliphatic carbocycles. The van der Waals surface area contributed by atoms with Gasteiger partial charge in [0.25, 0.3) is 5.69 Å². The minimum absolute atomic E-state index is 0.0966. The number of hydrogen-bond donors (Lipinski definition) is 1. The largest absolute Gasteiger partial charge is 0.370 e. The Balaban J connectivity index is 2.04. The first kappa shape index (κ1) is 14.9. The van der Waals surface area contributed by atoms with E-state index in [9.17, 15) is 10.1 Å². The lowest BCUT2D eigenvalue weighted by Crippen LogP contribution is -2.07. The lowest BCUT2D eigenvalue weighted by atomic mass is 10.1. The molecule has 0 bridgehead atoms. The summed E-state index contributed by atoms with van der Waals surface area (Å²) in [7, 11) is 0. The smallest absolute Gasteiger partial charge is 0.269 e. The fourth-order valence-corrected chi connectivity index (χ4v) is 3.23. The van der Waals surface area contributed by atoms with E-state index in [-0.39, 0.29) is 10.6 Å². The lowest BCUT2D eigenvalue weighted by Gasteiger charge is -2.09. The van der Waals surface area contributed by atoms with E-state index in [2.05, 4.69) is 11.6 Å². The molecule has 0 spiro atoms. The third-order valence-electron chi connectivity index (χ3n) is 3.80. The Morgan fingerprint density at radius 2 is 2.14 bits per heavy atom. The Kier molecular flexibility index (Phi) is 4.33. The van der Waals surface area contributed by atoms with Crippen molar-refractivity contribution in [3.63, 3.8) is 0 Å². The van der Waals surface area contributed by atoms with Crippen molar-refractivity contribution in [2.75, 3.05) is 18.1 Å². The summed E-state index contributed by atoms with van der Waals surface area (Å²) >= 11 is 1.76. The summed E-state index contributed by atoms with van der Waals surface area (Å²) in [5, 5.41) is 19.0. The van der Waals surface area contributed by atoms with Crippen LogP contribution in [0.1, 0.15) is 24.1 Å². The summed E-state index contributed by atoms with van der Waals surface area (Å²) in [4.78, 5) is 10.4. The van der Waals surface area contributed by atoms with Crippen LogP contribution in [0.15, 0.2) is 24.3 Å². The highest BCUT2D eigenvalue weighted by Crippen LogP contribution is 2.30. The van der Waals surface area contributed by atoms with Crippen LogP contribution in [0.5, 0.6) is 0 Å². The van der Waals surface area contributed by atoms with E-state index in [4.69, 9.17) is 5.10 Å². The Bertz CT molecular complexity index is 682. The first-order valence-electron chi connectivity index (χ1n) is 7.29. The van der Waals surface area contributed by atoms with Crippen molar-refractivity contribution in [2.45, 2.75) is 25.0 Å². The maximum Gasteiger partial charge on any atom is 0.269 e. The highest BCUT2D eigenvalue weighted by molar-refractivity contribution is 7.97. The molecule has 0 fully saturated rings. The topological polar surface area (TPSA) is 73.0 Å². The summed E-state index contributed by atoms with van der Waals surface area (Å²) in [5.41, 5.74) is 3.34. The SMILES string of the molecule is CSCc1nn(-c2ccc([N+](=O)[O-])cc2)c2c1CCCCN2. The number of fused-ring (bicyclic) bond motifs is 1. The van der Waals surface area contributed by atoms with Crippen LogP contribution in [0.2, 0.25) is 0 Å². The van der Waals surface area contributed by atoms with Gasteiger partial charge in [-0.2, -0.15) is 16.9 Å². The molecule has 1 aliphatic heterocycles. The molecular formula is C15H18N4O2S. The van der Waals surface area contributed by atoms with E-state index < -0.39 is 0 Å². The minimum atomic E-state index is -0.384. The molecule has 0 saturated carbocycles. The predicted octanol–water partition coefficient (Wildman–Crippen LogP) is 3.39. The first-order chi connectivity index (χ1) is 10.7. The molecule has 116 valence electrons. The molecule has 1 aliphatic rings. The van der Waals surface area contributed by atoms with Gasteiger partial charge in [0, 0.05) is 30.0 Å². The number of hydrogen-bond acceptors (Lipinski definition) is 5. The molecule has 6 nitrogen and oxygen atoms in total. The minimum Gasteiger partial charge on any atom is -0.370 e. The van der Waals surface area contributed by atoms with E-state index in [0.717, 1.165) is 48.8 Å². The molecule has 2 aromatic rings. The van der Waals surface area contributed by atoms with Crippen LogP contribution in [0, 0.1) is 10.1 Å². The standard InChI is InChI=1S/C15H18N4O2S/c1-22-10-14-13-4-2-3-9-16-15(13)18(17-14)11-5-7-12(8-6-11)19(20)21/h5-8,16H,2-4,9-10H2,1H3. The zero-order valence-electron chi connectivity index (χ0n) is 12.4. The molecule has 1 aromatic carbocycles. The molecule has 0 unspecified atom stereocenters. The number of nitro benzene ring substituents is 1. The molecule has 1 aromatic heterocycles. The molecule has 0 saturated heterocycles. The summed E-state index contributed by atoms with van der Waals surface area (Å²) in [5.74, 6) is 1.92. The molecule has 0 amide bonds. The van der Waals surface area contributed by atoms with Crippen LogP contribution in [-0.2, 0) is 12.2 Å². The number of thioether (sulfide) groups is 1. The van der Waals surface area contributed by atoms with Crippen molar-refractivity contribution in [3.8, 4) is 5.69 Å². The van der Waals surface area contributed by atoms with Gasteiger partial charge in [0.1, 0.15) is 5.82 Å². The van der Waals surface area contributed by atoms with Crippen LogP contribution in [0.4, 0.5) is 11.5 Å². The number of rotatable bonds is 4. The molecule has 0 radical (unpaired) electrons. The zero-order valence-corrected chi connectivity index (χ0v) is 13.2. The second-order valence-corrected chi connectivity index (χ2v) is 6.14. The number of anilines is 1. The maximum absolute atomic E-state index is 10.8. The van der Waals surface area contributed by atoms with E-state index in [1.807, 2.05) is 4.68 Å². The second-order valence-electron chi connectivity index (χ2n) is 5.28. The number of benzene rings is 1. The van der Waals surface area contributed by atoms with Gasteiger partial charge in [-0.05, 0) is 37.7 Å². The number of nitrogens with zero attached hydrogens (tertiary/aromatic N) is 3. The molecule has 0 atom stereocenters. The average molecular weight is 318 g/mol. The Morgan fingerprint density at radius 3 is 2.82 bits per heavy atom. The van der Waals surface area contributed by atoms with E-state index in [1.54, 1.807) is 23.9 Å². The molecular weight excluding hydrogens is 300 g/mol. The van der Waals surface area contributed by atoms with Crippen LogP contribution in [-0.4, -0.2) is 27.5 Å². The summed E-state index contributed by atoms with van der Waals surface area (Å²) < 4.78 is 1.88. The molecule has 2 heterocycles. The number of nitro groups is 1. The summed E-state index contributed by atoms with van der Waals surface area (Å²) in [6.07, 6.45) is 5.41. The monoisotopic (exact) mass is 318 g/mol. The predicted molar refractivity (Wildman–Crippen MR) is 88.9 cm³/mol. The van der Waals surface area contributed by atoms with Crippen molar-refractivity contribution in [3.05, 3.63) is 45.6 Å². The summed E-state index contributed by atoms with van der Waals surface area (Å²) in [6, 6.07) is 6.55. The van der Waals surface area contributed by atoms with Gasteiger partial charge in [-0.1, -0.05) is 0 Å². The lowest BCUT2D eigenvalue weighted by molar-refractivity contribution is -0.384. The molecule has 1 N–H and O–H groups in total. The number of aromatic nitrogens is 2. The van der Waals surface area contributed by atoms with Crippen LogP contribution < -0.4 is 5.32 Å². The van der Waals surface area contributed by atoms with Crippen molar-refractivity contribution in [1.29, 1.82) is 0 Å². The van der Waals surface area contributed by atoms with Gasteiger partial charge in [0.05, 0.1) is 16.3 Å². The number of nitrogens with one attached hydrogen (secondary N) is 1.